The van der Waals surface area contributed by atoms with Gasteiger partial charge in [0.25, 0.3) is 0 Å². The van der Waals surface area contributed by atoms with E-state index in [1.54, 1.807) is 0 Å². The Morgan fingerprint density at radius 2 is 0.821 bits per heavy atom. The minimum Gasteiger partial charge on any atom is -0.254 e. The summed E-state index contributed by atoms with van der Waals surface area (Å²) in [5.41, 5.74) is 3.43. The molecule has 4 rings (SSSR count). The highest BCUT2D eigenvalue weighted by Crippen LogP contribution is 2.42. The van der Waals surface area contributed by atoms with Crippen molar-refractivity contribution >= 4 is 10.8 Å². The first kappa shape index (κ1) is 18.4. The van der Waals surface area contributed by atoms with Crippen LogP contribution in [-0.2, 0) is 10.8 Å². The average molecular weight is 383 g/mol. The standard InChI is InChI=1S/C26H22OS/c27-28(24-19-11-4-12-20-24)26(23-17-9-3-10-18-23)25(21-13-5-1-6-14-21)22-15-7-2-8-16-22/h1-20,25-26H/t26-,28-/m1/s1. The first-order valence-electron chi connectivity index (χ1n) is 9.45. The van der Waals surface area contributed by atoms with Crippen molar-refractivity contribution in [3.8, 4) is 0 Å². The highest BCUT2D eigenvalue weighted by atomic mass is 32.2. The fourth-order valence-electron chi connectivity index (χ4n) is 3.65. The second-order valence-corrected chi connectivity index (χ2v) is 8.31. The van der Waals surface area contributed by atoms with E-state index in [0.717, 1.165) is 10.5 Å². The second-order valence-electron chi connectivity index (χ2n) is 6.74. The Kier molecular flexibility index (Phi) is 5.79. The highest BCUT2D eigenvalue weighted by Gasteiger charge is 2.32. The Bertz CT molecular complexity index is 976. The molecule has 4 aromatic carbocycles. The van der Waals surface area contributed by atoms with Crippen LogP contribution in [0.15, 0.2) is 126 Å². The molecule has 0 aromatic heterocycles. The van der Waals surface area contributed by atoms with E-state index < -0.39 is 10.8 Å². The normalized spacial score (nSPS) is 13.2. The molecule has 2 atom stereocenters. The first-order chi connectivity index (χ1) is 13.8. The molecule has 28 heavy (non-hydrogen) atoms. The third-order valence-electron chi connectivity index (χ3n) is 4.95. The van der Waals surface area contributed by atoms with Gasteiger partial charge in [-0.15, -0.1) is 0 Å². The predicted molar refractivity (Wildman–Crippen MR) is 117 cm³/mol. The third kappa shape index (κ3) is 3.97. The van der Waals surface area contributed by atoms with Crippen LogP contribution in [0.5, 0.6) is 0 Å². The van der Waals surface area contributed by atoms with Crippen molar-refractivity contribution in [2.24, 2.45) is 0 Å². The summed E-state index contributed by atoms with van der Waals surface area (Å²) in [6.45, 7) is 0. The van der Waals surface area contributed by atoms with Crippen LogP contribution in [0, 0.1) is 0 Å². The lowest BCUT2D eigenvalue weighted by atomic mass is 9.85. The van der Waals surface area contributed by atoms with Crippen molar-refractivity contribution < 1.29 is 4.21 Å². The fraction of sp³-hybridized carbons (Fsp3) is 0.0769. The molecule has 0 aliphatic heterocycles. The van der Waals surface area contributed by atoms with Crippen molar-refractivity contribution in [2.75, 3.05) is 0 Å². The van der Waals surface area contributed by atoms with Crippen molar-refractivity contribution in [3.05, 3.63) is 138 Å². The van der Waals surface area contributed by atoms with Gasteiger partial charge in [0.1, 0.15) is 0 Å². The molecule has 0 amide bonds. The van der Waals surface area contributed by atoms with Gasteiger partial charge in [-0.2, -0.15) is 0 Å². The maximum Gasteiger partial charge on any atom is 0.0752 e. The predicted octanol–water partition coefficient (Wildman–Crippen LogP) is 6.37. The fourth-order valence-corrected chi connectivity index (χ4v) is 5.33. The van der Waals surface area contributed by atoms with Gasteiger partial charge in [0.2, 0.25) is 0 Å². The topological polar surface area (TPSA) is 17.1 Å². The Labute approximate surface area is 169 Å². The van der Waals surface area contributed by atoms with Crippen LogP contribution in [0.3, 0.4) is 0 Å². The lowest BCUT2D eigenvalue weighted by Crippen LogP contribution is -2.18. The summed E-state index contributed by atoms with van der Waals surface area (Å²) in [6, 6.07) is 40.8. The molecule has 138 valence electrons. The second kappa shape index (κ2) is 8.81. The molecular formula is C26H22OS. The van der Waals surface area contributed by atoms with Gasteiger partial charge in [-0.25, -0.2) is 0 Å². The van der Waals surface area contributed by atoms with Gasteiger partial charge in [0.05, 0.1) is 16.0 Å². The molecule has 2 heteroatoms. The largest absolute Gasteiger partial charge is 0.254 e. The number of rotatable bonds is 6. The molecule has 0 fully saturated rings. The Morgan fingerprint density at radius 3 is 1.25 bits per heavy atom. The molecule has 0 bridgehead atoms. The van der Waals surface area contributed by atoms with Gasteiger partial charge in [-0.05, 0) is 28.8 Å². The van der Waals surface area contributed by atoms with Gasteiger partial charge in [0, 0.05) is 10.8 Å². The van der Waals surface area contributed by atoms with Crippen molar-refractivity contribution in [2.45, 2.75) is 16.1 Å². The zero-order valence-corrected chi connectivity index (χ0v) is 16.3. The number of benzene rings is 4. The van der Waals surface area contributed by atoms with Crippen LogP contribution in [0.4, 0.5) is 0 Å². The van der Waals surface area contributed by atoms with E-state index >= 15 is 0 Å². The van der Waals surface area contributed by atoms with E-state index in [-0.39, 0.29) is 11.2 Å². The highest BCUT2D eigenvalue weighted by molar-refractivity contribution is 7.85. The summed E-state index contributed by atoms with van der Waals surface area (Å²) < 4.78 is 13.8. The average Bonchev–Trinajstić information content (AvgIpc) is 2.79. The zero-order valence-electron chi connectivity index (χ0n) is 15.5. The third-order valence-corrected chi connectivity index (χ3v) is 6.70. The van der Waals surface area contributed by atoms with E-state index in [0.29, 0.717) is 0 Å². The van der Waals surface area contributed by atoms with Crippen LogP contribution in [0.2, 0.25) is 0 Å². The summed E-state index contributed by atoms with van der Waals surface area (Å²) in [5.74, 6) is -0.00848. The number of hydrogen-bond acceptors (Lipinski definition) is 1. The Hall–Kier alpha value is -2.97. The molecule has 1 nitrogen and oxygen atoms in total. The van der Waals surface area contributed by atoms with Crippen molar-refractivity contribution in [1.82, 2.24) is 0 Å². The summed E-state index contributed by atoms with van der Waals surface area (Å²) in [5, 5.41) is -0.187. The molecular weight excluding hydrogens is 360 g/mol. The van der Waals surface area contributed by atoms with Crippen LogP contribution in [-0.4, -0.2) is 4.21 Å². The Balaban J connectivity index is 1.90. The molecule has 0 N–H and O–H groups in total. The van der Waals surface area contributed by atoms with Gasteiger partial charge < -0.3 is 0 Å². The minimum absolute atomic E-state index is 0.00848. The van der Waals surface area contributed by atoms with Crippen LogP contribution in [0.25, 0.3) is 0 Å². The van der Waals surface area contributed by atoms with Crippen molar-refractivity contribution in [1.29, 1.82) is 0 Å². The number of hydrogen-bond donors (Lipinski definition) is 0. The summed E-state index contributed by atoms with van der Waals surface area (Å²) >= 11 is 0. The monoisotopic (exact) mass is 382 g/mol. The molecule has 0 saturated carbocycles. The maximum absolute atomic E-state index is 13.8. The first-order valence-corrected chi connectivity index (χ1v) is 10.7. The Morgan fingerprint density at radius 1 is 0.464 bits per heavy atom. The van der Waals surface area contributed by atoms with E-state index in [2.05, 4.69) is 60.7 Å². The zero-order chi connectivity index (χ0) is 19.2. The SMILES string of the molecule is O=[S@](c1ccccc1)[C@H](c1ccccc1)C(c1ccccc1)c1ccccc1. The molecule has 4 aromatic rings. The van der Waals surface area contributed by atoms with E-state index in [1.807, 2.05) is 60.7 Å². The van der Waals surface area contributed by atoms with Crippen LogP contribution >= 0.6 is 0 Å². The van der Waals surface area contributed by atoms with Crippen LogP contribution < -0.4 is 0 Å². The quantitative estimate of drug-likeness (QED) is 0.379. The molecule has 0 radical (unpaired) electrons. The molecule has 0 aliphatic carbocycles. The summed E-state index contributed by atoms with van der Waals surface area (Å²) in [6.07, 6.45) is 0. The summed E-state index contributed by atoms with van der Waals surface area (Å²) in [4.78, 5) is 0.855. The van der Waals surface area contributed by atoms with Gasteiger partial charge in [0.15, 0.2) is 0 Å². The lowest BCUT2D eigenvalue weighted by molar-refractivity contribution is 0.658. The van der Waals surface area contributed by atoms with Gasteiger partial charge >= 0.3 is 0 Å². The molecule has 0 heterocycles. The van der Waals surface area contributed by atoms with E-state index in [1.165, 1.54) is 11.1 Å². The maximum atomic E-state index is 13.8. The minimum atomic E-state index is -1.20. The van der Waals surface area contributed by atoms with Gasteiger partial charge in [-0.1, -0.05) is 109 Å². The van der Waals surface area contributed by atoms with E-state index in [9.17, 15) is 4.21 Å². The smallest absolute Gasteiger partial charge is 0.0752 e. The van der Waals surface area contributed by atoms with Gasteiger partial charge in [-0.3, -0.25) is 4.21 Å². The van der Waals surface area contributed by atoms with Crippen molar-refractivity contribution in [3.63, 3.8) is 0 Å². The molecule has 0 saturated heterocycles. The van der Waals surface area contributed by atoms with E-state index in [4.69, 9.17) is 0 Å². The van der Waals surface area contributed by atoms with Crippen LogP contribution in [0.1, 0.15) is 27.9 Å². The molecule has 0 aliphatic rings. The lowest BCUT2D eigenvalue weighted by Gasteiger charge is -2.28. The molecule has 0 unspecified atom stereocenters. The molecule has 0 spiro atoms. The summed E-state index contributed by atoms with van der Waals surface area (Å²) in [7, 11) is -1.20.